The molecule has 0 unspecified atom stereocenters. The van der Waals surface area contributed by atoms with Crippen molar-refractivity contribution in [1.29, 1.82) is 0 Å². The van der Waals surface area contributed by atoms with Crippen LogP contribution >= 0.6 is 0 Å². The van der Waals surface area contributed by atoms with Crippen molar-refractivity contribution in [3.05, 3.63) is 52.8 Å². The number of nitrogens with one attached hydrogen (secondary N) is 1. The first-order valence-corrected chi connectivity index (χ1v) is 7.41. The highest BCUT2D eigenvalue weighted by Gasteiger charge is 2.29. The molecule has 3 nitrogen and oxygen atoms in total. The molecule has 1 aromatic heterocycles. The highest BCUT2D eigenvalue weighted by Crippen LogP contribution is 2.37. The average Bonchev–Trinajstić information content (AvgIpc) is 2.68. The Morgan fingerprint density at radius 1 is 1.20 bits per heavy atom. The number of hydrogen-bond donors (Lipinski definition) is 1. The summed E-state index contributed by atoms with van der Waals surface area (Å²) in [6.45, 7) is 5.16. The minimum atomic E-state index is 0.654. The maximum atomic E-state index is 4.38. The van der Waals surface area contributed by atoms with E-state index in [0.717, 1.165) is 18.2 Å². The second-order valence-corrected chi connectivity index (χ2v) is 6.07. The number of rotatable bonds is 4. The van der Waals surface area contributed by atoms with Crippen LogP contribution in [0.3, 0.4) is 0 Å². The van der Waals surface area contributed by atoms with Gasteiger partial charge in [-0.25, -0.2) is 0 Å². The molecule has 1 saturated carbocycles. The van der Waals surface area contributed by atoms with E-state index in [1.165, 1.54) is 29.5 Å². The summed E-state index contributed by atoms with van der Waals surface area (Å²) in [5.41, 5.74) is 5.28. The summed E-state index contributed by atoms with van der Waals surface area (Å²) in [4.78, 5) is 0. The first-order valence-electron chi connectivity index (χ1n) is 7.41. The Bertz CT molecular complexity index is 577. The molecule has 20 heavy (non-hydrogen) atoms. The van der Waals surface area contributed by atoms with Gasteiger partial charge in [0.1, 0.15) is 0 Å². The molecule has 2 aromatic rings. The highest BCUT2D eigenvalue weighted by molar-refractivity contribution is 5.27. The van der Waals surface area contributed by atoms with E-state index in [9.17, 15) is 0 Å². The maximum Gasteiger partial charge on any atom is 0.0638 e. The van der Waals surface area contributed by atoms with Crippen LogP contribution in [-0.2, 0) is 13.6 Å². The molecule has 3 rings (SSSR count). The molecule has 106 valence electrons. The predicted octanol–water partition coefficient (Wildman–Crippen LogP) is 3.07. The topological polar surface area (TPSA) is 29.9 Å². The highest BCUT2D eigenvalue weighted by atomic mass is 15.2. The Morgan fingerprint density at radius 3 is 2.50 bits per heavy atom. The molecule has 1 aliphatic carbocycles. The van der Waals surface area contributed by atoms with Crippen molar-refractivity contribution in [3.8, 4) is 0 Å². The first kappa shape index (κ1) is 13.4. The Labute approximate surface area is 121 Å². The van der Waals surface area contributed by atoms with Crippen LogP contribution in [0.2, 0.25) is 0 Å². The second kappa shape index (κ2) is 5.41. The smallest absolute Gasteiger partial charge is 0.0638 e. The largest absolute Gasteiger partial charge is 0.310 e. The van der Waals surface area contributed by atoms with E-state index in [1.807, 2.05) is 11.7 Å². The van der Waals surface area contributed by atoms with Crippen LogP contribution in [0.25, 0.3) is 0 Å². The maximum absolute atomic E-state index is 4.38. The van der Waals surface area contributed by atoms with Crippen molar-refractivity contribution in [1.82, 2.24) is 15.1 Å². The van der Waals surface area contributed by atoms with Crippen LogP contribution in [0.5, 0.6) is 0 Å². The van der Waals surface area contributed by atoms with Crippen LogP contribution in [0.1, 0.15) is 41.1 Å². The zero-order chi connectivity index (χ0) is 14.1. The summed E-state index contributed by atoms with van der Waals surface area (Å²) in [5, 5.41) is 8.03. The Morgan fingerprint density at radius 2 is 1.90 bits per heavy atom. The first-order chi connectivity index (χ1) is 9.61. The molecule has 0 atom stereocenters. The van der Waals surface area contributed by atoms with Gasteiger partial charge in [-0.15, -0.1) is 0 Å². The van der Waals surface area contributed by atoms with E-state index in [0.29, 0.717) is 6.04 Å². The van der Waals surface area contributed by atoms with Gasteiger partial charge >= 0.3 is 0 Å². The van der Waals surface area contributed by atoms with E-state index in [4.69, 9.17) is 0 Å². The number of aryl methyl sites for hydroxylation is 3. The summed E-state index contributed by atoms with van der Waals surface area (Å²) in [5.74, 6) is 0.739. The molecule has 1 aliphatic rings. The molecule has 1 fully saturated rings. The lowest BCUT2D eigenvalue weighted by molar-refractivity contribution is 0.289. The third-order valence-electron chi connectivity index (χ3n) is 4.38. The molecule has 0 radical (unpaired) electrons. The predicted molar refractivity (Wildman–Crippen MR) is 81.7 cm³/mol. The summed E-state index contributed by atoms with van der Waals surface area (Å²) in [7, 11) is 1.98. The van der Waals surface area contributed by atoms with Gasteiger partial charge < -0.3 is 5.32 Å². The van der Waals surface area contributed by atoms with E-state index in [1.54, 1.807) is 0 Å². The van der Waals surface area contributed by atoms with Crippen molar-refractivity contribution in [2.75, 3.05) is 0 Å². The van der Waals surface area contributed by atoms with Gasteiger partial charge in [0, 0.05) is 31.4 Å². The van der Waals surface area contributed by atoms with Crippen LogP contribution in [0.15, 0.2) is 30.5 Å². The number of nitrogens with zero attached hydrogens (tertiary/aromatic N) is 2. The molecule has 0 bridgehead atoms. The van der Waals surface area contributed by atoms with E-state index < -0.39 is 0 Å². The molecule has 0 saturated heterocycles. The fraction of sp³-hybridized carbons (Fsp3) is 0.471. The van der Waals surface area contributed by atoms with E-state index in [2.05, 4.69) is 54.7 Å². The van der Waals surface area contributed by atoms with Gasteiger partial charge in [-0.2, -0.15) is 5.10 Å². The molecule has 0 spiro atoms. The molecule has 1 N–H and O–H groups in total. The number of benzene rings is 1. The summed E-state index contributed by atoms with van der Waals surface area (Å²) >= 11 is 0. The van der Waals surface area contributed by atoms with Crippen molar-refractivity contribution in [2.24, 2.45) is 7.05 Å². The van der Waals surface area contributed by atoms with Crippen molar-refractivity contribution >= 4 is 0 Å². The van der Waals surface area contributed by atoms with Crippen LogP contribution in [0, 0.1) is 13.8 Å². The quantitative estimate of drug-likeness (QED) is 0.924. The zero-order valence-electron chi connectivity index (χ0n) is 12.6. The van der Waals surface area contributed by atoms with Crippen molar-refractivity contribution in [2.45, 2.75) is 45.2 Å². The van der Waals surface area contributed by atoms with Gasteiger partial charge in [0.25, 0.3) is 0 Å². The Hall–Kier alpha value is -1.61. The molecule has 1 heterocycles. The summed E-state index contributed by atoms with van der Waals surface area (Å²) in [6.07, 6.45) is 4.61. The Balaban J connectivity index is 1.49. The third kappa shape index (κ3) is 2.78. The SMILES string of the molecule is Cc1ccc(C2CC(NCc3cn(C)nc3C)C2)cc1. The van der Waals surface area contributed by atoms with Crippen LogP contribution < -0.4 is 5.32 Å². The molecule has 3 heteroatoms. The minimum Gasteiger partial charge on any atom is -0.310 e. The van der Waals surface area contributed by atoms with E-state index in [-0.39, 0.29) is 0 Å². The lowest BCUT2D eigenvalue weighted by atomic mass is 9.75. The molecule has 1 aromatic carbocycles. The monoisotopic (exact) mass is 269 g/mol. The average molecular weight is 269 g/mol. The van der Waals surface area contributed by atoms with Crippen LogP contribution in [0.4, 0.5) is 0 Å². The van der Waals surface area contributed by atoms with Crippen LogP contribution in [-0.4, -0.2) is 15.8 Å². The minimum absolute atomic E-state index is 0.654. The number of hydrogen-bond acceptors (Lipinski definition) is 2. The number of aromatic nitrogens is 2. The Kier molecular flexibility index (Phi) is 3.62. The van der Waals surface area contributed by atoms with E-state index >= 15 is 0 Å². The van der Waals surface area contributed by atoms with Gasteiger partial charge in [0.15, 0.2) is 0 Å². The van der Waals surface area contributed by atoms with Gasteiger partial charge in [-0.05, 0) is 38.2 Å². The molecule has 0 aliphatic heterocycles. The van der Waals surface area contributed by atoms with Gasteiger partial charge in [-0.3, -0.25) is 4.68 Å². The van der Waals surface area contributed by atoms with Gasteiger partial charge in [0.2, 0.25) is 0 Å². The summed E-state index contributed by atoms with van der Waals surface area (Å²) < 4.78 is 1.89. The summed E-state index contributed by atoms with van der Waals surface area (Å²) in [6, 6.07) is 9.65. The van der Waals surface area contributed by atoms with Crippen molar-refractivity contribution < 1.29 is 0 Å². The third-order valence-corrected chi connectivity index (χ3v) is 4.38. The molecular weight excluding hydrogens is 246 g/mol. The second-order valence-electron chi connectivity index (χ2n) is 6.07. The standard InChI is InChI=1S/C17H23N3/c1-12-4-6-14(7-5-12)15-8-17(9-15)18-10-16-11-20(3)19-13(16)2/h4-7,11,15,17-18H,8-10H2,1-3H3. The van der Waals surface area contributed by atoms with Gasteiger partial charge in [-0.1, -0.05) is 29.8 Å². The fourth-order valence-corrected chi connectivity index (χ4v) is 2.97. The zero-order valence-corrected chi connectivity index (χ0v) is 12.6. The lowest BCUT2D eigenvalue weighted by Crippen LogP contribution is -2.39. The lowest BCUT2D eigenvalue weighted by Gasteiger charge is -2.36. The van der Waals surface area contributed by atoms with Gasteiger partial charge in [0.05, 0.1) is 5.69 Å². The van der Waals surface area contributed by atoms with Crippen molar-refractivity contribution in [3.63, 3.8) is 0 Å². The molecule has 0 amide bonds. The normalized spacial score (nSPS) is 21.8. The molecular formula is C17H23N3. The fourth-order valence-electron chi connectivity index (χ4n) is 2.97.